The summed E-state index contributed by atoms with van der Waals surface area (Å²) in [5.74, 6) is -0.849. The number of nitrogens with zero attached hydrogens (tertiary/aromatic N) is 2. The second kappa shape index (κ2) is 4.64. The van der Waals surface area contributed by atoms with Crippen LogP contribution in [-0.2, 0) is 13.0 Å². The molecule has 1 amide bonds. The Balaban J connectivity index is 2.17. The van der Waals surface area contributed by atoms with Crippen molar-refractivity contribution in [2.45, 2.75) is 33.2 Å². The molecule has 1 aromatic carbocycles. The van der Waals surface area contributed by atoms with Crippen LogP contribution in [0.2, 0.25) is 0 Å². The molecule has 2 heterocycles. The van der Waals surface area contributed by atoms with Crippen LogP contribution in [0.25, 0.3) is 10.9 Å². The molecule has 120 valence electrons. The van der Waals surface area contributed by atoms with Crippen molar-refractivity contribution in [3.8, 4) is 0 Å². The quantitative estimate of drug-likeness (QED) is 0.892. The molecule has 0 unspecified atom stereocenters. The fourth-order valence-electron chi connectivity index (χ4n) is 3.85. The van der Waals surface area contributed by atoms with Gasteiger partial charge >= 0.3 is 0 Å². The lowest BCUT2D eigenvalue weighted by atomic mass is 9.75. The monoisotopic (exact) mass is 315 g/mol. The molecule has 2 N–H and O–H groups in total. The first-order chi connectivity index (χ1) is 10.9. The number of halogens is 1. The van der Waals surface area contributed by atoms with Crippen LogP contribution in [0.4, 0.5) is 4.39 Å². The van der Waals surface area contributed by atoms with Crippen LogP contribution in [0, 0.1) is 11.2 Å². The van der Waals surface area contributed by atoms with Gasteiger partial charge in [-0.2, -0.15) is 5.10 Å². The second-order valence-corrected chi connectivity index (χ2v) is 7.06. The Morgan fingerprint density at radius 1 is 1.39 bits per heavy atom. The summed E-state index contributed by atoms with van der Waals surface area (Å²) < 4.78 is 16.0. The highest BCUT2D eigenvalue weighted by Crippen LogP contribution is 2.42. The van der Waals surface area contributed by atoms with Gasteiger partial charge in [0.15, 0.2) is 0 Å². The van der Waals surface area contributed by atoms with Crippen LogP contribution in [0.15, 0.2) is 17.2 Å². The lowest BCUT2D eigenvalue weighted by Crippen LogP contribution is -2.30. The van der Waals surface area contributed by atoms with Crippen molar-refractivity contribution in [3.63, 3.8) is 0 Å². The Bertz CT molecular complexity index is 880. The molecule has 2 aromatic rings. The zero-order chi connectivity index (χ0) is 16.4. The van der Waals surface area contributed by atoms with Gasteiger partial charge in [0.2, 0.25) is 0 Å². The summed E-state index contributed by atoms with van der Waals surface area (Å²) in [5.41, 5.74) is 6.28. The van der Waals surface area contributed by atoms with Gasteiger partial charge in [0.05, 0.1) is 23.4 Å². The highest BCUT2D eigenvalue weighted by atomic mass is 19.1. The number of benzene rings is 1. The van der Waals surface area contributed by atoms with E-state index in [2.05, 4.69) is 24.4 Å². The van der Waals surface area contributed by atoms with Crippen molar-refractivity contribution in [2.24, 2.45) is 10.5 Å². The van der Waals surface area contributed by atoms with Gasteiger partial charge in [0, 0.05) is 23.2 Å². The Morgan fingerprint density at radius 3 is 2.91 bits per heavy atom. The van der Waals surface area contributed by atoms with Gasteiger partial charge in [-0.3, -0.25) is 4.79 Å². The molecule has 2 aliphatic rings. The van der Waals surface area contributed by atoms with Crippen molar-refractivity contribution < 1.29 is 14.3 Å². The van der Waals surface area contributed by atoms with E-state index in [-0.39, 0.29) is 12.0 Å². The second-order valence-electron chi connectivity index (χ2n) is 7.06. The maximum Gasteiger partial charge on any atom is 0.272 e. The largest absolute Gasteiger partial charge is 0.395 e. The summed E-state index contributed by atoms with van der Waals surface area (Å²) in [4.78, 5) is 12.3. The minimum absolute atomic E-state index is 0.0127. The van der Waals surface area contributed by atoms with E-state index >= 15 is 0 Å². The molecule has 23 heavy (non-hydrogen) atoms. The molecule has 0 atom stereocenters. The normalized spacial score (nSPS) is 18.6. The molecule has 4 rings (SSSR count). The van der Waals surface area contributed by atoms with Crippen LogP contribution in [0.5, 0.6) is 0 Å². The van der Waals surface area contributed by atoms with Gasteiger partial charge in [-0.05, 0) is 30.4 Å². The first-order valence-electron chi connectivity index (χ1n) is 7.74. The SMILES string of the molecule is CC1(C)CC2=NNC(=O)c3cc(F)cc4c3c2c(n4CCO)C1. The maximum atomic E-state index is 14.1. The highest BCUT2D eigenvalue weighted by Gasteiger charge is 2.37. The molecular weight excluding hydrogens is 297 g/mol. The summed E-state index contributed by atoms with van der Waals surface area (Å²) in [6.45, 7) is 4.63. The van der Waals surface area contributed by atoms with Crippen molar-refractivity contribution >= 4 is 22.5 Å². The lowest BCUT2D eigenvalue weighted by Gasteiger charge is -2.31. The van der Waals surface area contributed by atoms with Crippen LogP contribution in [0.1, 0.15) is 41.9 Å². The molecule has 0 saturated carbocycles. The molecule has 0 bridgehead atoms. The Labute approximate surface area is 132 Å². The van der Waals surface area contributed by atoms with Crippen molar-refractivity contribution in [1.82, 2.24) is 9.99 Å². The Morgan fingerprint density at radius 2 is 2.17 bits per heavy atom. The van der Waals surface area contributed by atoms with Gasteiger partial charge < -0.3 is 9.67 Å². The van der Waals surface area contributed by atoms with Crippen molar-refractivity contribution in [2.75, 3.05) is 6.61 Å². The standard InChI is InChI=1S/C17H18FN3O2/c1-17(2)7-11-15-13(8-17)21(3-4-22)12-6-9(18)5-10(14(12)15)16(23)20-19-11/h5-6,22H,3-4,7-8H2,1-2H3,(H,20,23). The van der Waals surface area contributed by atoms with E-state index in [4.69, 9.17) is 0 Å². The average molecular weight is 315 g/mol. The number of aliphatic hydroxyl groups is 1. The number of rotatable bonds is 2. The van der Waals surface area contributed by atoms with E-state index in [1.54, 1.807) is 0 Å². The summed E-state index contributed by atoms with van der Waals surface area (Å²) in [5, 5.41) is 14.5. The van der Waals surface area contributed by atoms with Crippen LogP contribution >= 0.6 is 0 Å². The van der Waals surface area contributed by atoms with Crippen LogP contribution in [-0.4, -0.2) is 27.9 Å². The van der Waals surface area contributed by atoms with E-state index in [9.17, 15) is 14.3 Å². The molecule has 0 radical (unpaired) electrons. The third-order valence-corrected chi connectivity index (χ3v) is 4.68. The van der Waals surface area contributed by atoms with E-state index < -0.39 is 11.7 Å². The molecule has 1 aliphatic carbocycles. The van der Waals surface area contributed by atoms with Crippen LogP contribution in [0.3, 0.4) is 0 Å². The zero-order valence-corrected chi connectivity index (χ0v) is 13.1. The molecule has 0 spiro atoms. The van der Waals surface area contributed by atoms with E-state index in [0.717, 1.165) is 35.2 Å². The van der Waals surface area contributed by atoms with Gasteiger partial charge in [-0.1, -0.05) is 13.8 Å². The van der Waals surface area contributed by atoms with Gasteiger partial charge in [-0.15, -0.1) is 0 Å². The molecule has 6 heteroatoms. The predicted molar refractivity (Wildman–Crippen MR) is 85.1 cm³/mol. The average Bonchev–Trinajstić information content (AvgIpc) is 2.68. The Kier molecular flexibility index (Phi) is 2.90. The number of nitrogens with one attached hydrogen (secondary N) is 1. The van der Waals surface area contributed by atoms with Gasteiger partial charge in [-0.25, -0.2) is 9.82 Å². The van der Waals surface area contributed by atoms with Crippen LogP contribution < -0.4 is 5.43 Å². The first-order valence-corrected chi connectivity index (χ1v) is 7.74. The van der Waals surface area contributed by atoms with E-state index in [1.165, 1.54) is 12.1 Å². The number of aliphatic hydroxyl groups excluding tert-OH is 1. The zero-order valence-electron chi connectivity index (χ0n) is 13.1. The molecular formula is C17H18FN3O2. The number of hydrazone groups is 1. The summed E-state index contributed by atoms with van der Waals surface area (Å²) >= 11 is 0. The summed E-state index contributed by atoms with van der Waals surface area (Å²) in [6, 6.07) is 2.70. The minimum Gasteiger partial charge on any atom is -0.395 e. The third kappa shape index (κ3) is 2.01. The predicted octanol–water partition coefficient (Wildman–Crippen LogP) is 2.19. The topological polar surface area (TPSA) is 66.6 Å². The minimum atomic E-state index is -0.459. The number of hydrogen-bond acceptors (Lipinski definition) is 3. The maximum absolute atomic E-state index is 14.1. The molecule has 1 aliphatic heterocycles. The lowest BCUT2D eigenvalue weighted by molar-refractivity contribution is 0.0956. The van der Waals surface area contributed by atoms with E-state index in [1.807, 2.05) is 4.57 Å². The molecule has 5 nitrogen and oxygen atoms in total. The summed E-state index contributed by atoms with van der Waals surface area (Å²) in [6.07, 6.45) is 1.54. The fourth-order valence-corrected chi connectivity index (χ4v) is 3.85. The highest BCUT2D eigenvalue weighted by molar-refractivity contribution is 6.21. The molecule has 0 fully saturated rings. The molecule has 1 aromatic heterocycles. The first kappa shape index (κ1) is 14.4. The fraction of sp³-hybridized carbons (Fsp3) is 0.412. The van der Waals surface area contributed by atoms with Gasteiger partial charge in [0.25, 0.3) is 5.91 Å². The Hall–Kier alpha value is -2.21. The smallest absolute Gasteiger partial charge is 0.272 e. The third-order valence-electron chi connectivity index (χ3n) is 4.68. The number of amides is 1. The number of aromatic nitrogens is 1. The van der Waals surface area contributed by atoms with Crippen molar-refractivity contribution in [3.05, 3.63) is 34.8 Å². The summed E-state index contributed by atoms with van der Waals surface area (Å²) in [7, 11) is 0. The van der Waals surface area contributed by atoms with E-state index in [0.29, 0.717) is 17.6 Å². The molecule has 0 saturated heterocycles. The number of carbonyl (C=O) groups is 1. The van der Waals surface area contributed by atoms with Crippen molar-refractivity contribution in [1.29, 1.82) is 0 Å². The number of carbonyl (C=O) groups excluding carboxylic acids is 1. The number of hydrogen-bond donors (Lipinski definition) is 2. The van der Waals surface area contributed by atoms with Gasteiger partial charge in [0.1, 0.15) is 5.82 Å².